The summed E-state index contributed by atoms with van der Waals surface area (Å²) in [5.41, 5.74) is 7.83. The van der Waals surface area contributed by atoms with E-state index in [1.165, 1.54) is 5.56 Å². The van der Waals surface area contributed by atoms with Crippen molar-refractivity contribution in [1.82, 2.24) is 0 Å². The van der Waals surface area contributed by atoms with E-state index in [0.717, 1.165) is 18.5 Å². The zero-order chi connectivity index (χ0) is 10.8. The molecule has 0 spiro atoms. The van der Waals surface area contributed by atoms with E-state index in [1.54, 1.807) is 0 Å². The molecule has 82 valence electrons. The Labute approximate surface area is 91.4 Å². The lowest BCUT2D eigenvalue weighted by molar-refractivity contribution is 0.322. The summed E-state index contributed by atoms with van der Waals surface area (Å²) in [4.78, 5) is 0. The van der Waals surface area contributed by atoms with Crippen molar-refractivity contribution in [1.29, 1.82) is 0 Å². The maximum Gasteiger partial charge on any atom is 0.0870 e. The highest BCUT2D eigenvalue weighted by molar-refractivity contribution is 5.39. The van der Waals surface area contributed by atoms with Crippen LogP contribution in [0.3, 0.4) is 0 Å². The lowest BCUT2D eigenvalue weighted by Crippen LogP contribution is -2.09. The molecule has 15 heavy (non-hydrogen) atoms. The summed E-state index contributed by atoms with van der Waals surface area (Å²) < 4.78 is 5.60. The number of anilines is 1. The molecule has 1 aromatic carbocycles. The van der Waals surface area contributed by atoms with Crippen molar-refractivity contribution < 1.29 is 4.74 Å². The van der Waals surface area contributed by atoms with Crippen molar-refractivity contribution in [3.05, 3.63) is 29.8 Å². The van der Waals surface area contributed by atoms with Gasteiger partial charge in [-0.25, -0.2) is 0 Å². The second kappa shape index (κ2) is 4.23. The summed E-state index contributed by atoms with van der Waals surface area (Å²) >= 11 is 0. The van der Waals surface area contributed by atoms with Crippen molar-refractivity contribution >= 4 is 5.69 Å². The fourth-order valence-corrected chi connectivity index (χ4v) is 2.13. The number of rotatable bonds is 4. The highest BCUT2D eigenvalue weighted by Crippen LogP contribution is 2.33. The molecular weight excluding hydrogens is 186 g/mol. The average molecular weight is 205 g/mol. The minimum absolute atomic E-state index is 0.479. The molecule has 2 N–H and O–H groups in total. The molecule has 1 aliphatic rings. The van der Waals surface area contributed by atoms with E-state index in [0.29, 0.717) is 18.1 Å². The zero-order valence-electron chi connectivity index (χ0n) is 9.44. The molecule has 1 aromatic rings. The number of hydrogen-bond donors (Lipinski definition) is 1. The van der Waals surface area contributed by atoms with E-state index in [1.807, 2.05) is 12.1 Å². The smallest absolute Gasteiger partial charge is 0.0870 e. The molecule has 3 unspecified atom stereocenters. The first-order valence-corrected chi connectivity index (χ1v) is 5.70. The predicted molar refractivity (Wildman–Crippen MR) is 62.7 cm³/mol. The van der Waals surface area contributed by atoms with Gasteiger partial charge in [-0.05, 0) is 36.5 Å². The minimum Gasteiger partial charge on any atom is -0.399 e. The van der Waals surface area contributed by atoms with Crippen molar-refractivity contribution in [3.63, 3.8) is 0 Å². The maximum atomic E-state index is 5.65. The molecular formula is C13H19NO. The highest BCUT2D eigenvalue weighted by atomic mass is 16.6. The number of epoxide rings is 1. The van der Waals surface area contributed by atoms with Crippen LogP contribution in [0.4, 0.5) is 5.69 Å². The van der Waals surface area contributed by atoms with Crippen molar-refractivity contribution in [3.8, 4) is 0 Å². The molecule has 0 amide bonds. The van der Waals surface area contributed by atoms with Crippen molar-refractivity contribution in [2.24, 2.45) is 5.92 Å². The number of nitrogen functional groups attached to an aromatic ring is 1. The van der Waals surface area contributed by atoms with E-state index < -0.39 is 0 Å². The Morgan fingerprint density at radius 3 is 2.53 bits per heavy atom. The molecule has 1 fully saturated rings. The molecule has 1 heterocycles. The Kier molecular flexibility index (Phi) is 2.96. The average Bonchev–Trinajstić information content (AvgIpc) is 3.00. The Hall–Kier alpha value is -1.02. The monoisotopic (exact) mass is 205 g/mol. The van der Waals surface area contributed by atoms with Crippen LogP contribution in [0.5, 0.6) is 0 Å². The second-order valence-corrected chi connectivity index (χ2v) is 4.47. The van der Waals surface area contributed by atoms with E-state index >= 15 is 0 Å². The normalized spacial score (nSPS) is 26.3. The van der Waals surface area contributed by atoms with Gasteiger partial charge in [0.05, 0.1) is 12.2 Å². The van der Waals surface area contributed by atoms with Gasteiger partial charge in [-0.3, -0.25) is 0 Å². The largest absolute Gasteiger partial charge is 0.399 e. The Morgan fingerprint density at radius 2 is 2.00 bits per heavy atom. The molecule has 0 aromatic heterocycles. The summed E-state index contributed by atoms with van der Waals surface area (Å²) in [6.45, 7) is 4.44. The zero-order valence-corrected chi connectivity index (χ0v) is 9.44. The topological polar surface area (TPSA) is 38.5 Å². The molecule has 0 aliphatic carbocycles. The number of hydrogen-bond acceptors (Lipinski definition) is 2. The van der Waals surface area contributed by atoms with Gasteiger partial charge >= 0.3 is 0 Å². The van der Waals surface area contributed by atoms with Gasteiger partial charge in [-0.15, -0.1) is 0 Å². The van der Waals surface area contributed by atoms with Gasteiger partial charge in [0.1, 0.15) is 0 Å². The summed E-state index contributed by atoms with van der Waals surface area (Å²) in [7, 11) is 0. The first kappa shape index (κ1) is 10.5. The molecule has 0 bridgehead atoms. The molecule has 2 rings (SSSR count). The minimum atomic E-state index is 0.479. The second-order valence-electron chi connectivity index (χ2n) is 4.47. The Bertz CT molecular complexity index is 320. The van der Waals surface area contributed by atoms with E-state index in [9.17, 15) is 0 Å². The fourth-order valence-electron chi connectivity index (χ4n) is 2.13. The van der Waals surface area contributed by atoms with Gasteiger partial charge < -0.3 is 10.5 Å². The summed E-state index contributed by atoms with van der Waals surface area (Å²) in [5.74, 6) is 0.610. The molecule has 3 atom stereocenters. The van der Waals surface area contributed by atoms with Gasteiger partial charge in [-0.1, -0.05) is 26.0 Å². The molecule has 0 saturated carbocycles. The van der Waals surface area contributed by atoms with Crippen LogP contribution in [-0.4, -0.2) is 12.2 Å². The summed E-state index contributed by atoms with van der Waals surface area (Å²) in [5, 5.41) is 0. The van der Waals surface area contributed by atoms with E-state index in [4.69, 9.17) is 10.5 Å². The molecule has 0 radical (unpaired) electrons. The van der Waals surface area contributed by atoms with Gasteiger partial charge in [0.15, 0.2) is 0 Å². The van der Waals surface area contributed by atoms with E-state index in [-0.39, 0.29) is 0 Å². The number of benzene rings is 1. The third kappa shape index (κ3) is 2.51. The quantitative estimate of drug-likeness (QED) is 0.606. The van der Waals surface area contributed by atoms with Gasteiger partial charge in [0, 0.05) is 5.69 Å². The van der Waals surface area contributed by atoms with Crippen molar-refractivity contribution in [2.45, 2.75) is 38.9 Å². The third-order valence-electron chi connectivity index (χ3n) is 3.12. The summed E-state index contributed by atoms with van der Waals surface area (Å²) in [6, 6.07) is 8.14. The lowest BCUT2D eigenvalue weighted by Gasteiger charge is -2.08. The lowest BCUT2D eigenvalue weighted by atomic mass is 9.96. The summed E-state index contributed by atoms with van der Waals surface area (Å²) in [6.07, 6.45) is 3.21. The van der Waals surface area contributed by atoms with E-state index in [2.05, 4.69) is 26.0 Å². The molecule has 1 aliphatic heterocycles. The SMILES string of the molecule is CCC1OC1C(C)Cc1ccc(N)cc1. The highest BCUT2D eigenvalue weighted by Gasteiger charge is 2.40. The standard InChI is InChI=1S/C13H19NO/c1-3-12-13(15-12)9(2)8-10-4-6-11(14)7-5-10/h4-7,9,12-13H,3,8,14H2,1-2H3. The first-order valence-electron chi connectivity index (χ1n) is 5.70. The molecule has 1 saturated heterocycles. The van der Waals surface area contributed by atoms with Crippen LogP contribution >= 0.6 is 0 Å². The van der Waals surface area contributed by atoms with Crippen LogP contribution in [0.15, 0.2) is 24.3 Å². The fraction of sp³-hybridized carbons (Fsp3) is 0.538. The van der Waals surface area contributed by atoms with Crippen LogP contribution < -0.4 is 5.73 Å². The van der Waals surface area contributed by atoms with Crippen LogP contribution in [0.25, 0.3) is 0 Å². The van der Waals surface area contributed by atoms with Gasteiger partial charge in [0.25, 0.3) is 0 Å². The van der Waals surface area contributed by atoms with Crippen LogP contribution in [0.1, 0.15) is 25.8 Å². The van der Waals surface area contributed by atoms with Crippen LogP contribution in [0, 0.1) is 5.92 Å². The number of ether oxygens (including phenoxy) is 1. The van der Waals surface area contributed by atoms with Gasteiger partial charge in [-0.2, -0.15) is 0 Å². The Balaban J connectivity index is 1.89. The first-order chi connectivity index (χ1) is 7.20. The molecule has 2 heteroatoms. The van der Waals surface area contributed by atoms with Crippen LogP contribution in [0.2, 0.25) is 0 Å². The van der Waals surface area contributed by atoms with Crippen LogP contribution in [-0.2, 0) is 11.2 Å². The maximum absolute atomic E-state index is 5.65. The third-order valence-corrected chi connectivity index (χ3v) is 3.12. The van der Waals surface area contributed by atoms with Gasteiger partial charge in [0.2, 0.25) is 0 Å². The number of nitrogens with two attached hydrogens (primary N) is 1. The molecule has 2 nitrogen and oxygen atoms in total. The predicted octanol–water partition coefficient (Wildman–Crippen LogP) is 2.62. The van der Waals surface area contributed by atoms with Crippen molar-refractivity contribution in [2.75, 3.05) is 5.73 Å². The Morgan fingerprint density at radius 1 is 1.33 bits per heavy atom.